The summed E-state index contributed by atoms with van der Waals surface area (Å²) >= 11 is 0. The van der Waals surface area contributed by atoms with E-state index in [4.69, 9.17) is 0 Å². The van der Waals surface area contributed by atoms with Gasteiger partial charge in [0.25, 0.3) is 0 Å². The molecule has 4 rings (SSSR count). The van der Waals surface area contributed by atoms with E-state index in [-0.39, 0.29) is 6.10 Å². The third-order valence-corrected chi connectivity index (χ3v) is 9.59. The molecule has 0 aromatic heterocycles. The fraction of sp³-hybridized carbons (Fsp3) is 0.852. The molecular weight excluding hydrogens is 340 g/mol. The first-order chi connectivity index (χ1) is 13.2. The molecule has 1 nitrogen and oxygen atoms in total. The molecule has 0 amide bonds. The normalized spacial score (nSPS) is 43.7. The van der Waals surface area contributed by atoms with E-state index >= 15 is 0 Å². The smallest absolute Gasteiger partial charge is 0.0578 e. The van der Waals surface area contributed by atoms with Gasteiger partial charge in [-0.25, -0.2) is 0 Å². The Hall–Kier alpha value is -0.560. The van der Waals surface area contributed by atoms with Crippen LogP contribution in [-0.2, 0) is 0 Å². The predicted molar refractivity (Wildman–Crippen MR) is 119 cm³/mol. The summed E-state index contributed by atoms with van der Waals surface area (Å²) < 4.78 is 0. The molecule has 158 valence electrons. The molecular formula is C27H44O. The molecule has 0 bridgehead atoms. The van der Waals surface area contributed by atoms with Gasteiger partial charge < -0.3 is 5.11 Å². The summed E-state index contributed by atoms with van der Waals surface area (Å²) in [6, 6.07) is 0. The molecule has 4 aliphatic rings. The second-order valence-electron chi connectivity index (χ2n) is 12.0. The van der Waals surface area contributed by atoms with Crippen molar-refractivity contribution in [3.63, 3.8) is 0 Å². The average Bonchev–Trinajstić information content (AvgIpc) is 3.00. The molecule has 1 heteroatoms. The fourth-order valence-corrected chi connectivity index (χ4v) is 7.62. The van der Waals surface area contributed by atoms with Crippen LogP contribution < -0.4 is 0 Å². The molecule has 1 unspecified atom stereocenters. The zero-order valence-electron chi connectivity index (χ0n) is 19.1. The van der Waals surface area contributed by atoms with Crippen LogP contribution >= 0.6 is 0 Å². The van der Waals surface area contributed by atoms with Gasteiger partial charge >= 0.3 is 0 Å². The minimum absolute atomic E-state index is 0.106. The predicted octanol–water partition coefficient (Wildman–Crippen LogP) is 7.31. The molecule has 28 heavy (non-hydrogen) atoms. The van der Waals surface area contributed by atoms with Gasteiger partial charge in [-0.3, -0.25) is 0 Å². The second-order valence-corrected chi connectivity index (χ2v) is 12.0. The molecule has 4 aliphatic carbocycles. The number of aliphatic hydroxyl groups is 1. The van der Waals surface area contributed by atoms with Crippen LogP contribution in [0.4, 0.5) is 0 Å². The molecule has 0 aliphatic heterocycles. The van der Waals surface area contributed by atoms with E-state index in [1.54, 1.807) is 11.1 Å². The zero-order valence-corrected chi connectivity index (χ0v) is 19.1. The number of allylic oxidation sites excluding steroid dienone is 3. The summed E-state index contributed by atoms with van der Waals surface area (Å²) in [6.07, 6.45) is 17.8. The van der Waals surface area contributed by atoms with Crippen molar-refractivity contribution in [2.45, 2.75) is 105 Å². The Labute approximate surface area is 174 Å². The molecule has 0 aromatic rings. The summed E-state index contributed by atoms with van der Waals surface area (Å²) in [7, 11) is 0. The monoisotopic (exact) mass is 384 g/mol. The van der Waals surface area contributed by atoms with Gasteiger partial charge in [0.2, 0.25) is 0 Å². The molecule has 0 saturated heterocycles. The van der Waals surface area contributed by atoms with E-state index in [0.29, 0.717) is 10.8 Å². The Bertz CT molecular complexity index is 643. The minimum atomic E-state index is -0.106. The summed E-state index contributed by atoms with van der Waals surface area (Å²) in [4.78, 5) is 0. The van der Waals surface area contributed by atoms with Crippen LogP contribution in [0.25, 0.3) is 0 Å². The maximum absolute atomic E-state index is 10.2. The van der Waals surface area contributed by atoms with Gasteiger partial charge in [-0.05, 0) is 85.4 Å². The van der Waals surface area contributed by atoms with E-state index in [0.717, 1.165) is 42.4 Å². The van der Waals surface area contributed by atoms with Crippen molar-refractivity contribution in [3.8, 4) is 0 Å². The molecule has 0 heterocycles. The first-order valence-electron chi connectivity index (χ1n) is 12.3. The number of rotatable bonds is 5. The van der Waals surface area contributed by atoms with Crippen LogP contribution in [0.5, 0.6) is 0 Å². The molecule has 3 saturated carbocycles. The van der Waals surface area contributed by atoms with Gasteiger partial charge in [0, 0.05) is 0 Å². The lowest BCUT2D eigenvalue weighted by Crippen LogP contribution is -2.44. The van der Waals surface area contributed by atoms with Crippen molar-refractivity contribution < 1.29 is 5.11 Å². The quantitative estimate of drug-likeness (QED) is 0.527. The molecule has 0 aromatic carbocycles. The van der Waals surface area contributed by atoms with E-state index in [1.807, 2.05) is 0 Å². The minimum Gasteiger partial charge on any atom is -0.393 e. The van der Waals surface area contributed by atoms with E-state index < -0.39 is 0 Å². The zero-order chi connectivity index (χ0) is 20.1. The third kappa shape index (κ3) is 3.55. The van der Waals surface area contributed by atoms with Crippen LogP contribution in [0.15, 0.2) is 23.3 Å². The molecule has 0 radical (unpaired) electrons. The van der Waals surface area contributed by atoms with Crippen molar-refractivity contribution in [1.29, 1.82) is 0 Å². The highest BCUT2D eigenvalue weighted by atomic mass is 16.3. The van der Waals surface area contributed by atoms with Gasteiger partial charge in [0.1, 0.15) is 0 Å². The largest absolute Gasteiger partial charge is 0.393 e. The first kappa shape index (κ1) is 20.7. The highest BCUT2D eigenvalue weighted by molar-refractivity contribution is 5.38. The standard InChI is InChI=1S/C27H44O/c1-18(2)7-6-8-19(3)20-15-25-23-10-9-21-16-22(28)11-14-27(21,5)24(23)12-13-26(25,4)17-20/h9-10,18-20,22,24-25,28H,6-8,11-17H2,1-5H3/t19?,20-,22-,24-,25-,26+,27-/m0/s1. The fourth-order valence-electron chi connectivity index (χ4n) is 7.62. The van der Waals surface area contributed by atoms with Gasteiger partial charge in [-0.2, -0.15) is 0 Å². The Balaban J connectivity index is 1.51. The van der Waals surface area contributed by atoms with Gasteiger partial charge in [0.05, 0.1) is 6.10 Å². The van der Waals surface area contributed by atoms with Crippen LogP contribution in [0.1, 0.15) is 98.8 Å². The van der Waals surface area contributed by atoms with Crippen LogP contribution in [0.3, 0.4) is 0 Å². The molecule has 7 atom stereocenters. The third-order valence-electron chi connectivity index (χ3n) is 9.59. The van der Waals surface area contributed by atoms with E-state index in [2.05, 4.69) is 46.8 Å². The van der Waals surface area contributed by atoms with Crippen molar-refractivity contribution in [2.75, 3.05) is 0 Å². The van der Waals surface area contributed by atoms with E-state index in [9.17, 15) is 5.11 Å². The maximum Gasteiger partial charge on any atom is 0.0578 e. The van der Waals surface area contributed by atoms with E-state index in [1.165, 1.54) is 51.4 Å². The highest BCUT2D eigenvalue weighted by Gasteiger charge is 2.55. The Morgan fingerprint density at radius 3 is 2.57 bits per heavy atom. The van der Waals surface area contributed by atoms with Crippen molar-refractivity contribution in [2.24, 2.45) is 40.4 Å². The Morgan fingerprint density at radius 2 is 1.82 bits per heavy atom. The lowest BCUT2D eigenvalue weighted by Gasteiger charge is -2.53. The number of fused-ring (bicyclic) bond motifs is 5. The average molecular weight is 385 g/mol. The Morgan fingerprint density at radius 1 is 1.04 bits per heavy atom. The summed E-state index contributed by atoms with van der Waals surface area (Å²) in [6.45, 7) is 12.4. The highest BCUT2D eigenvalue weighted by Crippen LogP contribution is 2.65. The lowest BCUT2D eigenvalue weighted by atomic mass is 9.51. The summed E-state index contributed by atoms with van der Waals surface area (Å²) in [5.41, 5.74) is 4.20. The first-order valence-corrected chi connectivity index (χ1v) is 12.3. The number of hydrogen-bond acceptors (Lipinski definition) is 1. The van der Waals surface area contributed by atoms with Gasteiger partial charge in [-0.15, -0.1) is 0 Å². The van der Waals surface area contributed by atoms with Crippen LogP contribution in [0.2, 0.25) is 0 Å². The molecule has 1 N–H and O–H groups in total. The topological polar surface area (TPSA) is 20.2 Å². The van der Waals surface area contributed by atoms with Crippen molar-refractivity contribution in [1.82, 2.24) is 0 Å². The number of aliphatic hydroxyl groups excluding tert-OH is 1. The molecule has 0 spiro atoms. The summed E-state index contributed by atoms with van der Waals surface area (Å²) in [5, 5.41) is 10.2. The summed E-state index contributed by atoms with van der Waals surface area (Å²) in [5.74, 6) is 4.21. The van der Waals surface area contributed by atoms with Gasteiger partial charge in [0.15, 0.2) is 0 Å². The van der Waals surface area contributed by atoms with Crippen molar-refractivity contribution in [3.05, 3.63) is 23.3 Å². The second kappa shape index (κ2) is 7.60. The number of hydrogen-bond donors (Lipinski definition) is 1. The van der Waals surface area contributed by atoms with Crippen LogP contribution in [-0.4, -0.2) is 11.2 Å². The maximum atomic E-state index is 10.2. The lowest BCUT2D eigenvalue weighted by molar-refractivity contribution is 0.0582. The molecule has 3 fully saturated rings. The Kier molecular flexibility index (Phi) is 5.62. The van der Waals surface area contributed by atoms with Crippen molar-refractivity contribution >= 4 is 0 Å². The van der Waals surface area contributed by atoms with Gasteiger partial charge in [-0.1, -0.05) is 77.2 Å². The SMILES string of the molecule is CC(C)CCCC(C)[C@H]1C[C@H]2C3=CC=C4C[C@@H](O)CC[C@]4(C)[C@H]3CC[C@]2(C)C1. The van der Waals surface area contributed by atoms with Crippen LogP contribution in [0, 0.1) is 40.4 Å².